The molecule has 1 fully saturated rings. The Kier molecular flexibility index (Phi) is 3.46. The van der Waals surface area contributed by atoms with Crippen LogP contribution in [0.1, 0.15) is 18.4 Å². The smallest absolute Gasteiger partial charge is 0.223 e. The fourth-order valence-electron chi connectivity index (χ4n) is 1.64. The molecule has 1 aromatic heterocycles. The Morgan fingerprint density at radius 3 is 2.94 bits per heavy atom. The van der Waals surface area contributed by atoms with Crippen LogP contribution >= 0.6 is 0 Å². The molecular formula is C12H18N4O. The molecule has 2 rings (SSSR count). The zero-order valence-electron chi connectivity index (χ0n) is 9.99. The molecule has 0 spiro atoms. The quantitative estimate of drug-likeness (QED) is 0.662. The molecule has 0 atom stereocenters. The standard InChI is InChI=1S/C12H18N4O/c1-8-6-10(13)7-16-11(8)14-4-5-15-12(17)9-2-3-9/h6-7,9H,2-5,13H2,1H3,(H,14,16)(H,15,17). The second-order valence-electron chi connectivity index (χ2n) is 4.43. The zero-order chi connectivity index (χ0) is 12.3. The molecule has 17 heavy (non-hydrogen) atoms. The van der Waals surface area contributed by atoms with Gasteiger partial charge in [-0.25, -0.2) is 4.98 Å². The second kappa shape index (κ2) is 5.03. The van der Waals surface area contributed by atoms with Crippen molar-refractivity contribution in [3.8, 4) is 0 Å². The van der Waals surface area contributed by atoms with Crippen LogP contribution in [0.25, 0.3) is 0 Å². The number of aromatic nitrogens is 1. The molecule has 0 radical (unpaired) electrons. The Morgan fingerprint density at radius 2 is 2.29 bits per heavy atom. The minimum Gasteiger partial charge on any atom is -0.397 e. The molecule has 1 aromatic rings. The molecule has 0 aliphatic heterocycles. The summed E-state index contributed by atoms with van der Waals surface area (Å²) in [5.41, 5.74) is 7.29. The van der Waals surface area contributed by atoms with E-state index in [4.69, 9.17) is 5.73 Å². The van der Waals surface area contributed by atoms with Crippen molar-refractivity contribution in [3.05, 3.63) is 17.8 Å². The van der Waals surface area contributed by atoms with Gasteiger partial charge in [0.15, 0.2) is 0 Å². The molecule has 0 unspecified atom stereocenters. The number of hydrogen-bond donors (Lipinski definition) is 3. The van der Waals surface area contributed by atoms with Gasteiger partial charge in [0.25, 0.3) is 0 Å². The van der Waals surface area contributed by atoms with Crippen LogP contribution < -0.4 is 16.4 Å². The van der Waals surface area contributed by atoms with Crippen molar-refractivity contribution in [2.24, 2.45) is 5.92 Å². The number of pyridine rings is 1. The van der Waals surface area contributed by atoms with Crippen LogP contribution in [0.5, 0.6) is 0 Å². The molecule has 4 N–H and O–H groups in total. The maximum Gasteiger partial charge on any atom is 0.223 e. The molecule has 1 amide bonds. The van der Waals surface area contributed by atoms with Crippen LogP contribution in [0.15, 0.2) is 12.3 Å². The number of hydrogen-bond acceptors (Lipinski definition) is 4. The number of aryl methyl sites for hydroxylation is 1. The predicted octanol–water partition coefficient (Wildman–Crippen LogP) is 0.910. The lowest BCUT2D eigenvalue weighted by Crippen LogP contribution is -2.30. The fourth-order valence-corrected chi connectivity index (χ4v) is 1.64. The topological polar surface area (TPSA) is 80.0 Å². The van der Waals surface area contributed by atoms with E-state index in [1.54, 1.807) is 6.20 Å². The third-order valence-electron chi connectivity index (χ3n) is 2.76. The summed E-state index contributed by atoms with van der Waals surface area (Å²) >= 11 is 0. The fraction of sp³-hybridized carbons (Fsp3) is 0.500. The Morgan fingerprint density at radius 1 is 1.53 bits per heavy atom. The first kappa shape index (κ1) is 11.7. The van der Waals surface area contributed by atoms with Gasteiger partial charge >= 0.3 is 0 Å². The molecule has 0 bridgehead atoms. The average molecular weight is 234 g/mol. The van der Waals surface area contributed by atoms with Gasteiger partial charge in [-0.2, -0.15) is 0 Å². The highest BCUT2D eigenvalue weighted by molar-refractivity contribution is 5.80. The first-order chi connectivity index (χ1) is 8.16. The lowest BCUT2D eigenvalue weighted by molar-refractivity contribution is -0.122. The van der Waals surface area contributed by atoms with Crippen molar-refractivity contribution in [1.82, 2.24) is 10.3 Å². The van der Waals surface area contributed by atoms with E-state index in [1.165, 1.54) is 0 Å². The van der Waals surface area contributed by atoms with E-state index in [0.717, 1.165) is 24.2 Å². The third kappa shape index (κ3) is 3.34. The van der Waals surface area contributed by atoms with Crippen LogP contribution in [0.3, 0.4) is 0 Å². The first-order valence-electron chi connectivity index (χ1n) is 5.90. The molecule has 0 saturated heterocycles. The molecule has 1 aliphatic carbocycles. The number of nitrogen functional groups attached to an aromatic ring is 1. The van der Waals surface area contributed by atoms with Gasteiger partial charge in [-0.05, 0) is 31.4 Å². The Balaban J connectivity index is 1.72. The summed E-state index contributed by atoms with van der Waals surface area (Å²) in [7, 11) is 0. The van der Waals surface area contributed by atoms with E-state index in [0.29, 0.717) is 18.8 Å². The summed E-state index contributed by atoms with van der Waals surface area (Å²) in [5, 5.41) is 6.07. The maximum absolute atomic E-state index is 11.4. The summed E-state index contributed by atoms with van der Waals surface area (Å²) < 4.78 is 0. The highest BCUT2D eigenvalue weighted by atomic mass is 16.2. The molecule has 5 nitrogen and oxygen atoms in total. The highest BCUT2D eigenvalue weighted by Crippen LogP contribution is 2.28. The molecule has 1 aliphatic rings. The van der Waals surface area contributed by atoms with Gasteiger partial charge in [0.2, 0.25) is 5.91 Å². The number of anilines is 2. The van der Waals surface area contributed by atoms with Crippen LogP contribution in [0.4, 0.5) is 11.5 Å². The van der Waals surface area contributed by atoms with E-state index < -0.39 is 0 Å². The van der Waals surface area contributed by atoms with E-state index in [9.17, 15) is 4.79 Å². The highest BCUT2D eigenvalue weighted by Gasteiger charge is 2.28. The molecule has 92 valence electrons. The second-order valence-corrected chi connectivity index (χ2v) is 4.43. The van der Waals surface area contributed by atoms with Crippen LogP contribution in [-0.4, -0.2) is 24.0 Å². The van der Waals surface area contributed by atoms with E-state index >= 15 is 0 Å². The van der Waals surface area contributed by atoms with Gasteiger partial charge in [0.1, 0.15) is 5.82 Å². The molecule has 0 aromatic carbocycles. The number of nitrogens with two attached hydrogens (primary N) is 1. The third-order valence-corrected chi connectivity index (χ3v) is 2.76. The van der Waals surface area contributed by atoms with Gasteiger partial charge in [0, 0.05) is 19.0 Å². The van der Waals surface area contributed by atoms with Crippen molar-refractivity contribution in [2.75, 3.05) is 24.1 Å². The normalized spacial score (nSPS) is 14.4. The maximum atomic E-state index is 11.4. The van der Waals surface area contributed by atoms with Crippen molar-refractivity contribution in [3.63, 3.8) is 0 Å². The number of rotatable bonds is 5. The lowest BCUT2D eigenvalue weighted by atomic mass is 10.2. The Bertz CT molecular complexity index is 415. The van der Waals surface area contributed by atoms with Gasteiger partial charge in [-0.1, -0.05) is 0 Å². The number of amides is 1. The SMILES string of the molecule is Cc1cc(N)cnc1NCCNC(=O)C1CC1. The van der Waals surface area contributed by atoms with Crippen LogP contribution in [0.2, 0.25) is 0 Å². The van der Waals surface area contributed by atoms with Crippen molar-refractivity contribution < 1.29 is 4.79 Å². The summed E-state index contributed by atoms with van der Waals surface area (Å²) in [5.74, 6) is 1.26. The number of carbonyl (C=O) groups excluding carboxylic acids is 1. The summed E-state index contributed by atoms with van der Waals surface area (Å²) in [6.07, 6.45) is 3.70. The molecular weight excluding hydrogens is 216 g/mol. The first-order valence-corrected chi connectivity index (χ1v) is 5.90. The largest absolute Gasteiger partial charge is 0.397 e. The number of nitrogens with zero attached hydrogens (tertiary/aromatic N) is 1. The van der Waals surface area contributed by atoms with E-state index in [2.05, 4.69) is 15.6 Å². The van der Waals surface area contributed by atoms with Gasteiger partial charge in [-0.15, -0.1) is 0 Å². The summed E-state index contributed by atoms with van der Waals surface area (Å²) in [6, 6.07) is 1.87. The van der Waals surface area contributed by atoms with Gasteiger partial charge in [-0.3, -0.25) is 4.79 Å². The molecule has 1 saturated carbocycles. The molecule has 5 heteroatoms. The Labute approximate surface area is 101 Å². The van der Waals surface area contributed by atoms with Crippen molar-refractivity contribution in [2.45, 2.75) is 19.8 Å². The summed E-state index contributed by atoms with van der Waals surface area (Å²) in [4.78, 5) is 15.6. The lowest BCUT2D eigenvalue weighted by Gasteiger charge is -2.09. The number of carbonyl (C=O) groups is 1. The average Bonchev–Trinajstić information content (AvgIpc) is 3.10. The minimum atomic E-state index is 0.175. The molecule has 1 heterocycles. The van der Waals surface area contributed by atoms with E-state index in [-0.39, 0.29) is 11.8 Å². The Hall–Kier alpha value is -1.78. The monoisotopic (exact) mass is 234 g/mol. The van der Waals surface area contributed by atoms with Crippen LogP contribution in [0, 0.1) is 12.8 Å². The van der Waals surface area contributed by atoms with Crippen LogP contribution in [-0.2, 0) is 4.79 Å². The van der Waals surface area contributed by atoms with Gasteiger partial charge in [0.05, 0.1) is 11.9 Å². The van der Waals surface area contributed by atoms with Crippen molar-refractivity contribution >= 4 is 17.4 Å². The minimum absolute atomic E-state index is 0.175. The van der Waals surface area contributed by atoms with Gasteiger partial charge < -0.3 is 16.4 Å². The predicted molar refractivity (Wildman–Crippen MR) is 67.6 cm³/mol. The zero-order valence-corrected chi connectivity index (χ0v) is 9.99. The number of nitrogens with one attached hydrogen (secondary N) is 2. The van der Waals surface area contributed by atoms with Crippen molar-refractivity contribution in [1.29, 1.82) is 0 Å². The summed E-state index contributed by atoms with van der Waals surface area (Å²) in [6.45, 7) is 3.26. The van der Waals surface area contributed by atoms with E-state index in [1.807, 2.05) is 13.0 Å².